The maximum atomic E-state index is 14.1. The summed E-state index contributed by atoms with van der Waals surface area (Å²) >= 11 is 0. The minimum atomic E-state index is -3.83. The Morgan fingerprint density at radius 1 is 0.970 bits per heavy atom. The zero-order valence-electron chi connectivity index (χ0n) is 19.8. The Bertz CT molecular complexity index is 1120. The van der Waals surface area contributed by atoms with Crippen molar-refractivity contribution in [1.29, 1.82) is 0 Å². The number of ether oxygens (including phenoxy) is 2. The van der Waals surface area contributed by atoms with Gasteiger partial charge in [0.05, 0.1) is 42.9 Å². The second-order valence-corrected chi connectivity index (χ2v) is 10.5. The van der Waals surface area contributed by atoms with E-state index in [1.165, 1.54) is 0 Å². The van der Waals surface area contributed by atoms with E-state index >= 15 is 0 Å². The van der Waals surface area contributed by atoms with Crippen LogP contribution < -0.4 is 5.30 Å². The maximum absolute atomic E-state index is 14.1. The van der Waals surface area contributed by atoms with Gasteiger partial charge in [-0.2, -0.15) is 0 Å². The Balaban J connectivity index is 2.47. The average Bonchev–Trinajstić information content (AvgIpc) is 2.78. The van der Waals surface area contributed by atoms with Gasteiger partial charge in [0.2, 0.25) is 0 Å². The van der Waals surface area contributed by atoms with Crippen molar-refractivity contribution in [2.45, 2.75) is 41.0 Å². The van der Waals surface area contributed by atoms with Crippen molar-refractivity contribution < 1.29 is 32.7 Å². The lowest BCUT2D eigenvalue weighted by Crippen LogP contribution is -2.33. The van der Waals surface area contributed by atoms with Gasteiger partial charge in [-0.15, -0.1) is 0 Å². The van der Waals surface area contributed by atoms with Crippen LogP contribution in [-0.2, 0) is 23.1 Å². The zero-order valence-corrected chi connectivity index (χ0v) is 20.7. The van der Waals surface area contributed by atoms with Crippen LogP contribution in [-0.4, -0.2) is 38.4 Å². The largest absolute Gasteiger partial charge is 0.462 e. The van der Waals surface area contributed by atoms with Gasteiger partial charge in [-0.1, -0.05) is 57.2 Å². The monoisotopic (exact) mass is 474 g/mol. The number of esters is 2. The van der Waals surface area contributed by atoms with Gasteiger partial charge in [0.25, 0.3) is 0 Å². The quantitative estimate of drug-likeness (QED) is 0.386. The normalized spacial score (nSPS) is 17.2. The molecule has 1 aliphatic heterocycles. The van der Waals surface area contributed by atoms with Crippen molar-refractivity contribution >= 4 is 41.7 Å². The average molecular weight is 474 g/mol. The maximum Gasteiger partial charge on any atom is 0.362 e. The Morgan fingerprint density at radius 2 is 1.52 bits per heavy atom. The molecular formula is C25H31O7P. The van der Waals surface area contributed by atoms with Gasteiger partial charge >= 0.3 is 19.5 Å². The van der Waals surface area contributed by atoms with E-state index in [1.807, 2.05) is 26.8 Å². The second kappa shape index (κ2) is 10.2. The van der Waals surface area contributed by atoms with Gasteiger partial charge in [0.1, 0.15) is 0 Å². The fourth-order valence-electron chi connectivity index (χ4n) is 3.69. The fraction of sp³-hybridized carbons (Fsp3) is 0.440. The van der Waals surface area contributed by atoms with E-state index in [-0.39, 0.29) is 48.3 Å². The molecule has 0 N–H and O–H groups in total. The van der Waals surface area contributed by atoms with Crippen LogP contribution in [0.4, 0.5) is 0 Å². The first-order valence-electron chi connectivity index (χ1n) is 11.2. The van der Waals surface area contributed by atoms with E-state index < -0.39 is 19.5 Å². The van der Waals surface area contributed by atoms with Crippen molar-refractivity contribution in [1.82, 2.24) is 0 Å². The molecule has 0 spiro atoms. The summed E-state index contributed by atoms with van der Waals surface area (Å²) in [5, 5.41) is 1.19. The Morgan fingerprint density at radius 3 is 2.06 bits per heavy atom. The summed E-state index contributed by atoms with van der Waals surface area (Å²) in [6.07, 6.45) is 4.16. The summed E-state index contributed by atoms with van der Waals surface area (Å²) in [7, 11) is -3.83. The molecule has 3 rings (SSSR count). The van der Waals surface area contributed by atoms with Crippen LogP contribution in [0, 0.1) is 5.41 Å². The van der Waals surface area contributed by atoms with Gasteiger partial charge in [-0.25, -0.2) is 9.59 Å². The molecule has 0 aliphatic carbocycles. The summed E-state index contributed by atoms with van der Waals surface area (Å²) in [6.45, 7) is 9.93. The van der Waals surface area contributed by atoms with Crippen LogP contribution in [0.1, 0.15) is 67.3 Å². The number of hydrogen-bond donors (Lipinski definition) is 0. The fourth-order valence-corrected chi connectivity index (χ4v) is 6.03. The van der Waals surface area contributed by atoms with E-state index in [0.717, 1.165) is 0 Å². The van der Waals surface area contributed by atoms with E-state index in [4.69, 9.17) is 18.5 Å². The second-order valence-electron chi connectivity index (χ2n) is 8.52. The van der Waals surface area contributed by atoms with E-state index in [1.54, 1.807) is 44.2 Å². The molecule has 33 heavy (non-hydrogen) atoms. The van der Waals surface area contributed by atoms with Gasteiger partial charge < -0.3 is 18.5 Å². The molecule has 0 atom stereocenters. The molecule has 0 radical (unpaired) electrons. The van der Waals surface area contributed by atoms with Crippen LogP contribution in [0.25, 0.3) is 16.8 Å². The smallest absolute Gasteiger partial charge is 0.362 e. The first kappa shape index (κ1) is 25.2. The Hall–Kier alpha value is -2.47. The number of hydrogen-bond acceptors (Lipinski definition) is 7. The number of benzene rings is 2. The molecule has 0 bridgehead atoms. The highest BCUT2D eigenvalue weighted by atomic mass is 31.2. The molecule has 1 aliphatic rings. The predicted molar refractivity (Wildman–Crippen MR) is 128 cm³/mol. The molecule has 1 fully saturated rings. The molecule has 0 saturated carbocycles. The number of rotatable bonds is 7. The minimum Gasteiger partial charge on any atom is -0.462 e. The molecule has 2 aromatic carbocycles. The third-order valence-electron chi connectivity index (χ3n) is 5.23. The van der Waals surface area contributed by atoms with Crippen LogP contribution in [0.15, 0.2) is 30.3 Å². The Kier molecular flexibility index (Phi) is 7.78. The van der Waals surface area contributed by atoms with Crippen LogP contribution in [0.5, 0.6) is 0 Å². The van der Waals surface area contributed by atoms with Crippen LogP contribution >= 0.6 is 7.60 Å². The van der Waals surface area contributed by atoms with Crippen molar-refractivity contribution in [3.8, 4) is 0 Å². The van der Waals surface area contributed by atoms with Crippen LogP contribution in [0.2, 0.25) is 0 Å². The zero-order chi connectivity index (χ0) is 24.2. The first-order valence-corrected chi connectivity index (χ1v) is 12.7. The summed E-state index contributed by atoms with van der Waals surface area (Å²) in [6, 6.07) is 6.96. The SMILES string of the molecule is CC/C=C/c1c(C(=O)OCC)c(C(=O)OCC)c2ccccc2c1P1(=O)OCC(C)(C)CO1. The van der Waals surface area contributed by atoms with Gasteiger partial charge in [-0.3, -0.25) is 4.57 Å². The highest BCUT2D eigenvalue weighted by molar-refractivity contribution is 7.63. The lowest BCUT2D eigenvalue weighted by molar-refractivity contribution is 0.0461. The molecule has 1 saturated heterocycles. The van der Waals surface area contributed by atoms with Crippen molar-refractivity contribution in [2.24, 2.45) is 5.41 Å². The van der Waals surface area contributed by atoms with E-state index in [0.29, 0.717) is 22.8 Å². The summed E-state index contributed by atoms with van der Waals surface area (Å²) in [4.78, 5) is 26.3. The standard InChI is InChI=1S/C25H31O7P/c1-6-9-12-19-21(24(27)30-8-3)20(23(26)29-7-2)17-13-10-11-14-18(17)22(19)33(28)31-15-25(4,5)16-32-33/h9-14H,6-8,15-16H2,1-5H3/b12-9+. The molecular weight excluding hydrogens is 443 g/mol. The highest BCUT2D eigenvalue weighted by Crippen LogP contribution is 2.55. The number of fused-ring (bicyclic) bond motifs is 1. The minimum absolute atomic E-state index is 0.000888. The number of allylic oxidation sites excluding steroid dienone is 1. The molecule has 2 aromatic rings. The van der Waals surface area contributed by atoms with Crippen molar-refractivity contribution in [3.63, 3.8) is 0 Å². The van der Waals surface area contributed by atoms with Gasteiger partial charge in [-0.05, 0) is 31.0 Å². The van der Waals surface area contributed by atoms with Crippen molar-refractivity contribution in [3.05, 3.63) is 47.0 Å². The molecule has 0 amide bonds. The van der Waals surface area contributed by atoms with Gasteiger partial charge in [0.15, 0.2) is 0 Å². The molecule has 0 aromatic heterocycles. The third kappa shape index (κ3) is 5.06. The van der Waals surface area contributed by atoms with E-state index in [9.17, 15) is 14.2 Å². The molecule has 178 valence electrons. The van der Waals surface area contributed by atoms with E-state index in [2.05, 4.69) is 0 Å². The lowest BCUT2D eigenvalue weighted by Gasteiger charge is -2.35. The number of carbonyl (C=O) groups excluding carboxylic acids is 2. The first-order chi connectivity index (χ1) is 15.7. The predicted octanol–water partition coefficient (Wildman–Crippen LogP) is 5.51. The lowest BCUT2D eigenvalue weighted by atomic mass is 9.93. The molecule has 1 heterocycles. The Labute approximate surface area is 194 Å². The molecule has 7 nitrogen and oxygen atoms in total. The van der Waals surface area contributed by atoms with Crippen molar-refractivity contribution in [2.75, 3.05) is 26.4 Å². The highest BCUT2D eigenvalue weighted by Gasteiger charge is 2.43. The summed E-state index contributed by atoms with van der Waals surface area (Å²) in [5.74, 6) is -1.36. The van der Waals surface area contributed by atoms with Crippen LogP contribution in [0.3, 0.4) is 0 Å². The van der Waals surface area contributed by atoms with Gasteiger partial charge in [0, 0.05) is 11.0 Å². The summed E-state index contributed by atoms with van der Waals surface area (Å²) < 4.78 is 36.5. The third-order valence-corrected chi connectivity index (χ3v) is 7.20. The number of carbonyl (C=O) groups is 2. The molecule has 0 unspecified atom stereocenters. The topological polar surface area (TPSA) is 88.1 Å². The summed E-state index contributed by atoms with van der Waals surface area (Å²) in [5.41, 5.74) is 0.0632. The molecule has 8 heteroatoms.